The van der Waals surface area contributed by atoms with Crippen LogP contribution in [0, 0.1) is 0 Å². The molecule has 0 bridgehead atoms. The van der Waals surface area contributed by atoms with Crippen LogP contribution in [0.4, 0.5) is 0 Å². The summed E-state index contributed by atoms with van der Waals surface area (Å²) in [4.78, 5) is 14.2. The Labute approximate surface area is 156 Å². The number of para-hydroxylation sites is 1. The third-order valence-electron chi connectivity index (χ3n) is 3.86. The van der Waals surface area contributed by atoms with Crippen LogP contribution in [-0.4, -0.2) is 45.5 Å². The molecule has 0 fully saturated rings. The third kappa shape index (κ3) is 4.43. The van der Waals surface area contributed by atoms with Crippen molar-refractivity contribution in [3.8, 4) is 11.4 Å². The van der Waals surface area contributed by atoms with Crippen molar-refractivity contribution in [2.45, 2.75) is 11.7 Å². The van der Waals surface area contributed by atoms with E-state index in [4.69, 9.17) is 4.74 Å². The van der Waals surface area contributed by atoms with E-state index in [-0.39, 0.29) is 5.91 Å². The maximum Gasteiger partial charge on any atom is 0.233 e. The number of ether oxygens (including phenoxy) is 1. The van der Waals surface area contributed by atoms with Crippen LogP contribution in [-0.2, 0) is 11.3 Å². The van der Waals surface area contributed by atoms with Gasteiger partial charge in [-0.1, -0.05) is 42.1 Å². The number of carbonyl (C=O) groups is 1. The lowest BCUT2D eigenvalue weighted by molar-refractivity contribution is -0.127. The average Bonchev–Trinajstić information content (AvgIpc) is 3.15. The molecule has 6 nitrogen and oxygen atoms in total. The van der Waals surface area contributed by atoms with Crippen molar-refractivity contribution in [1.29, 1.82) is 0 Å². The van der Waals surface area contributed by atoms with Crippen molar-refractivity contribution in [2.24, 2.45) is 0 Å². The monoisotopic (exact) mass is 368 g/mol. The molecule has 0 atom stereocenters. The number of amides is 1. The number of hydrogen-bond donors (Lipinski definition) is 0. The first-order valence-electron chi connectivity index (χ1n) is 8.12. The summed E-state index contributed by atoms with van der Waals surface area (Å²) < 4.78 is 7.10. The number of rotatable bonds is 7. The van der Waals surface area contributed by atoms with Gasteiger partial charge >= 0.3 is 0 Å². The van der Waals surface area contributed by atoms with Crippen molar-refractivity contribution in [2.75, 3.05) is 19.9 Å². The molecule has 0 aliphatic rings. The van der Waals surface area contributed by atoms with Gasteiger partial charge in [0.1, 0.15) is 12.1 Å². The smallest absolute Gasteiger partial charge is 0.233 e. The van der Waals surface area contributed by atoms with E-state index in [1.54, 1.807) is 25.4 Å². The lowest BCUT2D eigenvalue weighted by Crippen LogP contribution is -2.27. The predicted molar refractivity (Wildman–Crippen MR) is 102 cm³/mol. The molecule has 0 saturated heterocycles. The van der Waals surface area contributed by atoms with Crippen LogP contribution in [0.5, 0.6) is 5.75 Å². The van der Waals surface area contributed by atoms with Crippen LogP contribution in [0.2, 0.25) is 0 Å². The Morgan fingerprint density at radius 2 is 2.00 bits per heavy atom. The summed E-state index contributed by atoms with van der Waals surface area (Å²) in [6, 6.07) is 17.5. The Balaban J connectivity index is 1.60. The Bertz CT molecular complexity index is 867. The summed E-state index contributed by atoms with van der Waals surface area (Å²) in [6.45, 7) is 0.530. The molecule has 3 aromatic rings. The first-order chi connectivity index (χ1) is 12.7. The normalized spacial score (nSPS) is 10.5. The van der Waals surface area contributed by atoms with Gasteiger partial charge in [-0.3, -0.25) is 9.36 Å². The second kappa shape index (κ2) is 8.53. The average molecular weight is 368 g/mol. The number of benzene rings is 2. The Morgan fingerprint density at radius 3 is 2.77 bits per heavy atom. The van der Waals surface area contributed by atoms with Crippen LogP contribution in [0.15, 0.2) is 66.1 Å². The largest absolute Gasteiger partial charge is 0.497 e. The van der Waals surface area contributed by atoms with Crippen LogP contribution in [0.3, 0.4) is 0 Å². The minimum absolute atomic E-state index is 0.0282. The topological polar surface area (TPSA) is 60.2 Å². The van der Waals surface area contributed by atoms with Crippen molar-refractivity contribution < 1.29 is 9.53 Å². The Kier molecular flexibility index (Phi) is 5.91. The van der Waals surface area contributed by atoms with E-state index in [0.29, 0.717) is 17.5 Å². The first kappa shape index (κ1) is 18.0. The lowest BCUT2D eigenvalue weighted by Gasteiger charge is -2.17. The van der Waals surface area contributed by atoms with E-state index in [0.717, 1.165) is 17.0 Å². The van der Waals surface area contributed by atoms with Gasteiger partial charge in [0.05, 0.1) is 12.9 Å². The van der Waals surface area contributed by atoms with Gasteiger partial charge in [-0.2, -0.15) is 0 Å². The van der Waals surface area contributed by atoms with Gasteiger partial charge in [0.25, 0.3) is 0 Å². The van der Waals surface area contributed by atoms with Gasteiger partial charge < -0.3 is 9.64 Å². The molecule has 134 valence electrons. The molecule has 0 radical (unpaired) electrons. The van der Waals surface area contributed by atoms with E-state index in [1.807, 2.05) is 59.2 Å². The number of nitrogens with zero attached hydrogens (tertiary/aromatic N) is 4. The zero-order valence-electron chi connectivity index (χ0n) is 14.7. The zero-order valence-corrected chi connectivity index (χ0v) is 15.5. The van der Waals surface area contributed by atoms with E-state index < -0.39 is 0 Å². The zero-order chi connectivity index (χ0) is 18.4. The van der Waals surface area contributed by atoms with Gasteiger partial charge in [0, 0.05) is 19.3 Å². The van der Waals surface area contributed by atoms with E-state index in [2.05, 4.69) is 10.2 Å². The van der Waals surface area contributed by atoms with Crippen molar-refractivity contribution in [3.05, 3.63) is 66.5 Å². The summed E-state index contributed by atoms with van der Waals surface area (Å²) in [5, 5.41) is 8.77. The molecule has 0 aliphatic carbocycles. The van der Waals surface area contributed by atoms with Crippen LogP contribution < -0.4 is 4.74 Å². The lowest BCUT2D eigenvalue weighted by atomic mass is 10.2. The third-order valence-corrected chi connectivity index (χ3v) is 4.78. The van der Waals surface area contributed by atoms with Gasteiger partial charge in [-0.05, 0) is 29.8 Å². The minimum Gasteiger partial charge on any atom is -0.497 e. The van der Waals surface area contributed by atoms with E-state index in [9.17, 15) is 4.79 Å². The maximum absolute atomic E-state index is 12.5. The van der Waals surface area contributed by atoms with E-state index in [1.165, 1.54) is 11.8 Å². The van der Waals surface area contributed by atoms with Crippen molar-refractivity contribution in [1.82, 2.24) is 19.7 Å². The van der Waals surface area contributed by atoms with Crippen LogP contribution in [0.25, 0.3) is 5.69 Å². The van der Waals surface area contributed by atoms with Gasteiger partial charge in [-0.25, -0.2) is 0 Å². The summed E-state index contributed by atoms with van der Waals surface area (Å²) in [5.74, 6) is 1.11. The molecular formula is C19H20N4O2S. The molecule has 0 aliphatic heterocycles. The number of methoxy groups -OCH3 is 1. The molecule has 26 heavy (non-hydrogen) atoms. The van der Waals surface area contributed by atoms with E-state index >= 15 is 0 Å². The SMILES string of the molecule is COc1cccc(CN(C)C(=O)CSc2nncn2-c2ccccc2)c1. The second-order valence-electron chi connectivity index (χ2n) is 5.71. The highest BCUT2D eigenvalue weighted by atomic mass is 32.2. The minimum atomic E-state index is 0.0282. The summed E-state index contributed by atoms with van der Waals surface area (Å²) in [5.41, 5.74) is 2.00. The summed E-state index contributed by atoms with van der Waals surface area (Å²) in [7, 11) is 3.43. The fraction of sp³-hybridized carbons (Fsp3) is 0.211. The molecular weight excluding hydrogens is 348 g/mol. The van der Waals surface area contributed by atoms with Crippen molar-refractivity contribution in [3.63, 3.8) is 0 Å². The molecule has 2 aromatic carbocycles. The van der Waals surface area contributed by atoms with Crippen LogP contribution in [0.1, 0.15) is 5.56 Å². The second-order valence-corrected chi connectivity index (χ2v) is 6.65. The molecule has 1 aromatic heterocycles. The molecule has 0 spiro atoms. The Hall–Kier alpha value is -2.80. The number of thioether (sulfide) groups is 1. The summed E-state index contributed by atoms with van der Waals surface area (Å²) >= 11 is 1.38. The molecule has 0 N–H and O–H groups in total. The molecule has 0 unspecified atom stereocenters. The maximum atomic E-state index is 12.5. The molecule has 0 saturated carbocycles. The van der Waals surface area contributed by atoms with Gasteiger partial charge in [0.15, 0.2) is 5.16 Å². The summed E-state index contributed by atoms with van der Waals surface area (Å²) in [6.07, 6.45) is 1.65. The highest BCUT2D eigenvalue weighted by molar-refractivity contribution is 7.99. The predicted octanol–water partition coefficient (Wildman–Crippen LogP) is 3.03. The molecule has 7 heteroatoms. The quantitative estimate of drug-likeness (QED) is 0.600. The highest BCUT2D eigenvalue weighted by Gasteiger charge is 2.13. The Morgan fingerprint density at radius 1 is 1.19 bits per heavy atom. The molecule has 1 heterocycles. The highest BCUT2D eigenvalue weighted by Crippen LogP contribution is 2.20. The standard InChI is InChI=1S/C19H20N4O2S/c1-22(12-15-7-6-10-17(11-15)25-2)18(24)13-26-19-21-20-14-23(19)16-8-4-3-5-9-16/h3-11,14H,12-13H2,1-2H3. The van der Waals surface area contributed by atoms with Crippen molar-refractivity contribution >= 4 is 17.7 Å². The number of hydrogen-bond acceptors (Lipinski definition) is 5. The fourth-order valence-electron chi connectivity index (χ4n) is 2.46. The van der Waals surface area contributed by atoms with Gasteiger partial charge in [-0.15, -0.1) is 10.2 Å². The first-order valence-corrected chi connectivity index (χ1v) is 9.11. The fourth-order valence-corrected chi connectivity index (χ4v) is 3.33. The van der Waals surface area contributed by atoms with Gasteiger partial charge in [0.2, 0.25) is 5.91 Å². The molecule has 3 rings (SSSR count). The van der Waals surface area contributed by atoms with Crippen LogP contribution >= 0.6 is 11.8 Å². The molecule has 1 amide bonds. The number of aromatic nitrogens is 3. The number of carbonyl (C=O) groups excluding carboxylic acids is 1.